The maximum Gasteiger partial charge on any atom is 0.460 e. The van der Waals surface area contributed by atoms with Gasteiger partial charge in [0.2, 0.25) is 0 Å². The summed E-state index contributed by atoms with van der Waals surface area (Å²) in [6.07, 6.45) is -13.3. The lowest BCUT2D eigenvalue weighted by molar-refractivity contribution is -0.453. The Bertz CT molecular complexity index is 800. The fraction of sp³-hybridized carbons (Fsp3) is 0.600. The molecule has 1 atom stereocenters. The van der Waals surface area contributed by atoms with Gasteiger partial charge in [0.1, 0.15) is 0 Å². The summed E-state index contributed by atoms with van der Waals surface area (Å²) in [5.74, 6) is -46.9. The second-order valence-corrected chi connectivity index (χ2v) is 7.26. The van der Waals surface area contributed by atoms with E-state index in [4.69, 9.17) is 0 Å². The number of rotatable bonds is 8. The standard InChI is InChI=1S/C15H8BrF15O/c16-7-3-1-6(2-4-7)8(32)5-9(17,18)10(19,20)11(21,22)12(23,24)13(25,26)14(27,28)15(29,30)31/h1-4,8,32H,5H2. The fourth-order valence-electron chi connectivity index (χ4n) is 2.17. The number of benzene rings is 1. The van der Waals surface area contributed by atoms with E-state index in [0.717, 1.165) is 24.3 Å². The highest BCUT2D eigenvalue weighted by atomic mass is 79.9. The first-order chi connectivity index (χ1) is 13.9. The van der Waals surface area contributed by atoms with E-state index in [9.17, 15) is 71.0 Å². The van der Waals surface area contributed by atoms with Crippen molar-refractivity contribution in [2.75, 3.05) is 0 Å². The van der Waals surface area contributed by atoms with E-state index >= 15 is 0 Å². The van der Waals surface area contributed by atoms with Crippen LogP contribution >= 0.6 is 15.9 Å². The van der Waals surface area contributed by atoms with Crippen LogP contribution in [0.4, 0.5) is 65.9 Å². The van der Waals surface area contributed by atoms with Crippen LogP contribution in [0, 0.1) is 0 Å². The zero-order valence-corrected chi connectivity index (χ0v) is 16.2. The van der Waals surface area contributed by atoms with Crippen LogP contribution < -0.4 is 0 Å². The fourth-order valence-corrected chi connectivity index (χ4v) is 2.44. The minimum atomic E-state index is -8.34. The molecule has 1 aromatic carbocycles. The van der Waals surface area contributed by atoms with Gasteiger partial charge in [-0.1, -0.05) is 28.1 Å². The number of aliphatic hydroxyl groups excluding tert-OH is 1. The molecule has 0 heterocycles. The number of hydrogen-bond donors (Lipinski definition) is 1. The maximum absolute atomic E-state index is 13.8. The Morgan fingerprint density at radius 3 is 1.31 bits per heavy atom. The Balaban J connectivity index is 3.43. The third-order valence-corrected chi connectivity index (χ3v) is 4.63. The number of hydrogen-bond acceptors (Lipinski definition) is 1. The predicted molar refractivity (Wildman–Crippen MR) is 79.5 cm³/mol. The lowest BCUT2D eigenvalue weighted by Crippen LogP contribution is -2.72. The van der Waals surface area contributed by atoms with Crippen molar-refractivity contribution < 1.29 is 71.0 Å². The Morgan fingerprint density at radius 1 is 0.594 bits per heavy atom. The van der Waals surface area contributed by atoms with Gasteiger partial charge in [-0.3, -0.25) is 0 Å². The molecule has 0 spiro atoms. The Morgan fingerprint density at radius 2 is 0.938 bits per heavy atom. The predicted octanol–water partition coefficient (Wildman–Crippen LogP) is 7.25. The average molecular weight is 569 g/mol. The molecule has 0 saturated heterocycles. The monoisotopic (exact) mass is 568 g/mol. The van der Waals surface area contributed by atoms with Crippen molar-refractivity contribution in [3.63, 3.8) is 0 Å². The van der Waals surface area contributed by atoms with Crippen LogP contribution in [0.25, 0.3) is 0 Å². The molecule has 0 radical (unpaired) electrons. The second-order valence-electron chi connectivity index (χ2n) is 6.35. The van der Waals surface area contributed by atoms with Gasteiger partial charge in [-0.25, -0.2) is 0 Å². The van der Waals surface area contributed by atoms with Gasteiger partial charge in [0, 0.05) is 10.9 Å². The molecule has 0 bridgehead atoms. The molecule has 0 saturated carbocycles. The van der Waals surface area contributed by atoms with Gasteiger partial charge in [-0.2, -0.15) is 65.9 Å². The molecule has 0 aliphatic rings. The van der Waals surface area contributed by atoms with Crippen LogP contribution in [-0.4, -0.2) is 46.8 Å². The largest absolute Gasteiger partial charge is 0.460 e. The molecule has 1 unspecified atom stereocenters. The summed E-state index contributed by atoms with van der Waals surface area (Å²) < 4.78 is 197. The molecule has 186 valence electrons. The molecule has 17 heteroatoms. The van der Waals surface area contributed by atoms with E-state index in [1.165, 1.54) is 0 Å². The van der Waals surface area contributed by atoms with E-state index < -0.39 is 59.8 Å². The van der Waals surface area contributed by atoms with E-state index in [0.29, 0.717) is 0 Å². The zero-order valence-electron chi connectivity index (χ0n) is 14.6. The highest BCUT2D eigenvalue weighted by Crippen LogP contribution is 2.63. The van der Waals surface area contributed by atoms with Crippen LogP contribution in [0.3, 0.4) is 0 Å². The Hall–Kier alpha value is -1.39. The van der Waals surface area contributed by atoms with Crippen LogP contribution in [0.1, 0.15) is 18.1 Å². The molecule has 0 fully saturated rings. The Labute approximate surface area is 176 Å². The Kier molecular flexibility index (Phi) is 7.27. The van der Waals surface area contributed by atoms with Gasteiger partial charge in [0.05, 0.1) is 6.10 Å². The zero-order chi connectivity index (χ0) is 25.8. The smallest absolute Gasteiger partial charge is 0.388 e. The highest BCUT2D eigenvalue weighted by Gasteiger charge is 2.93. The molecule has 0 aliphatic carbocycles. The van der Waals surface area contributed by atoms with E-state index in [2.05, 4.69) is 15.9 Å². The van der Waals surface area contributed by atoms with Gasteiger partial charge in [-0.05, 0) is 17.7 Å². The van der Waals surface area contributed by atoms with Crippen molar-refractivity contribution in [2.24, 2.45) is 0 Å². The molecule has 1 nitrogen and oxygen atoms in total. The number of halogens is 16. The summed E-state index contributed by atoms with van der Waals surface area (Å²) in [5.41, 5.74) is -0.673. The molecular weight excluding hydrogens is 561 g/mol. The lowest BCUT2D eigenvalue weighted by Gasteiger charge is -2.41. The minimum Gasteiger partial charge on any atom is -0.388 e. The molecule has 0 amide bonds. The lowest BCUT2D eigenvalue weighted by atomic mass is 9.88. The van der Waals surface area contributed by atoms with E-state index in [1.807, 2.05) is 0 Å². The summed E-state index contributed by atoms with van der Waals surface area (Å²) in [6, 6.07) is 3.59. The summed E-state index contributed by atoms with van der Waals surface area (Å²) in [7, 11) is 0. The van der Waals surface area contributed by atoms with E-state index in [-0.39, 0.29) is 4.47 Å². The van der Waals surface area contributed by atoms with Crippen LogP contribution in [-0.2, 0) is 0 Å². The van der Waals surface area contributed by atoms with Gasteiger partial charge in [0.15, 0.2) is 0 Å². The number of alkyl halides is 15. The van der Waals surface area contributed by atoms with Crippen molar-refractivity contribution >= 4 is 15.9 Å². The minimum absolute atomic E-state index is 0.240. The second kappa shape index (κ2) is 8.13. The van der Waals surface area contributed by atoms with Crippen molar-refractivity contribution in [3.05, 3.63) is 34.3 Å². The molecule has 32 heavy (non-hydrogen) atoms. The highest BCUT2D eigenvalue weighted by molar-refractivity contribution is 9.10. The summed E-state index contributed by atoms with van der Waals surface area (Å²) in [4.78, 5) is 0. The average Bonchev–Trinajstić information content (AvgIpc) is 2.59. The van der Waals surface area contributed by atoms with Crippen molar-refractivity contribution in [1.29, 1.82) is 0 Å². The molecule has 1 rings (SSSR count). The van der Waals surface area contributed by atoms with Crippen LogP contribution in [0.15, 0.2) is 28.7 Å². The summed E-state index contributed by atoms with van der Waals surface area (Å²) in [6.45, 7) is 0. The first-order valence-corrected chi connectivity index (χ1v) is 8.45. The third-order valence-electron chi connectivity index (χ3n) is 4.10. The van der Waals surface area contributed by atoms with Crippen molar-refractivity contribution in [1.82, 2.24) is 0 Å². The van der Waals surface area contributed by atoms with E-state index in [1.54, 1.807) is 0 Å². The number of aliphatic hydroxyl groups is 1. The molecule has 0 aliphatic heterocycles. The molecule has 0 aromatic heterocycles. The van der Waals surface area contributed by atoms with Gasteiger partial charge in [0.25, 0.3) is 0 Å². The van der Waals surface area contributed by atoms with Crippen molar-refractivity contribution in [3.8, 4) is 0 Å². The molecule has 1 N–H and O–H groups in total. The third kappa shape index (κ3) is 4.25. The van der Waals surface area contributed by atoms with Gasteiger partial charge in [-0.15, -0.1) is 0 Å². The maximum atomic E-state index is 13.8. The van der Waals surface area contributed by atoms with Crippen LogP contribution in [0.2, 0.25) is 0 Å². The van der Waals surface area contributed by atoms with Gasteiger partial charge >= 0.3 is 41.7 Å². The molecular formula is C15H8BrF15O. The summed E-state index contributed by atoms with van der Waals surface area (Å²) >= 11 is 2.84. The summed E-state index contributed by atoms with van der Waals surface area (Å²) in [5, 5.41) is 9.50. The SMILES string of the molecule is OC(CC(F)(F)C(F)(F)C(F)(F)C(F)(F)C(F)(F)C(F)(F)C(F)(F)F)c1ccc(Br)cc1. The quantitative estimate of drug-likeness (QED) is 0.328. The molecule has 1 aromatic rings. The topological polar surface area (TPSA) is 20.2 Å². The first kappa shape index (κ1) is 28.6. The normalized spacial score (nSPS) is 16.3. The van der Waals surface area contributed by atoms with Crippen molar-refractivity contribution in [2.45, 2.75) is 54.2 Å². The van der Waals surface area contributed by atoms with Crippen LogP contribution in [0.5, 0.6) is 0 Å². The first-order valence-electron chi connectivity index (χ1n) is 7.65. The van der Waals surface area contributed by atoms with Gasteiger partial charge < -0.3 is 5.11 Å².